The molecule has 0 aliphatic rings. The summed E-state index contributed by atoms with van der Waals surface area (Å²) in [5.74, 6) is 0.377. The van der Waals surface area contributed by atoms with Crippen LogP contribution < -0.4 is 10.6 Å². The van der Waals surface area contributed by atoms with Gasteiger partial charge in [0.15, 0.2) is 0 Å². The molecule has 1 aromatic rings. The zero-order valence-electron chi connectivity index (χ0n) is 14.2. The third-order valence-corrected chi connectivity index (χ3v) is 3.26. The summed E-state index contributed by atoms with van der Waals surface area (Å²) in [7, 11) is 0. The number of hydrogen-bond acceptors (Lipinski definition) is 4. The van der Waals surface area contributed by atoms with Crippen LogP contribution in [0.4, 0.5) is 4.79 Å². The maximum absolute atomic E-state index is 11.9. The van der Waals surface area contributed by atoms with E-state index in [0.717, 1.165) is 12.0 Å². The van der Waals surface area contributed by atoms with Gasteiger partial charge >= 0.3 is 6.09 Å². The summed E-state index contributed by atoms with van der Waals surface area (Å²) in [6.07, 6.45) is 4.86. The van der Waals surface area contributed by atoms with Crippen LogP contribution in [0.2, 0.25) is 0 Å². The van der Waals surface area contributed by atoms with Gasteiger partial charge in [0.25, 0.3) is 0 Å². The number of aromatic nitrogens is 1. The molecule has 1 atom stereocenters. The highest BCUT2D eigenvalue weighted by molar-refractivity contribution is 5.76. The van der Waals surface area contributed by atoms with Crippen molar-refractivity contribution >= 4 is 12.0 Å². The number of rotatable bonds is 9. The molecule has 1 unspecified atom stereocenters. The first kappa shape index (κ1) is 18.9. The van der Waals surface area contributed by atoms with E-state index in [4.69, 9.17) is 4.74 Å². The number of nitrogens with one attached hydrogen (secondary N) is 2. The molecule has 0 aromatic carbocycles. The quantitative estimate of drug-likeness (QED) is 0.731. The number of pyridine rings is 1. The van der Waals surface area contributed by atoms with E-state index in [1.54, 1.807) is 19.3 Å². The summed E-state index contributed by atoms with van der Waals surface area (Å²) < 4.78 is 4.90. The number of amides is 2. The number of alkyl carbamates (subject to hydrolysis) is 1. The predicted molar refractivity (Wildman–Crippen MR) is 89.0 cm³/mol. The van der Waals surface area contributed by atoms with Crippen molar-refractivity contribution in [3.8, 4) is 0 Å². The number of aryl methyl sites for hydroxylation is 1. The van der Waals surface area contributed by atoms with Crippen molar-refractivity contribution < 1.29 is 14.3 Å². The van der Waals surface area contributed by atoms with Crippen molar-refractivity contribution in [3.05, 3.63) is 30.1 Å². The maximum atomic E-state index is 11.9. The van der Waals surface area contributed by atoms with Crippen LogP contribution in [0.3, 0.4) is 0 Å². The van der Waals surface area contributed by atoms with Gasteiger partial charge in [-0.15, -0.1) is 0 Å². The Bertz CT molecular complexity index is 477. The molecule has 0 aliphatic carbocycles. The number of nitrogens with zero attached hydrogens (tertiary/aromatic N) is 1. The van der Waals surface area contributed by atoms with Gasteiger partial charge in [0, 0.05) is 31.4 Å². The Kier molecular flexibility index (Phi) is 8.72. The summed E-state index contributed by atoms with van der Waals surface area (Å²) >= 11 is 0. The predicted octanol–water partition coefficient (Wildman–Crippen LogP) is 2.29. The van der Waals surface area contributed by atoms with E-state index in [2.05, 4.69) is 29.5 Å². The smallest absolute Gasteiger partial charge is 0.407 e. The molecule has 0 saturated heterocycles. The van der Waals surface area contributed by atoms with Gasteiger partial charge in [0.05, 0.1) is 6.61 Å². The van der Waals surface area contributed by atoms with E-state index in [-0.39, 0.29) is 11.9 Å². The average molecular weight is 321 g/mol. The molecule has 1 heterocycles. The van der Waals surface area contributed by atoms with E-state index in [0.29, 0.717) is 31.9 Å². The van der Waals surface area contributed by atoms with Crippen molar-refractivity contribution in [2.45, 2.75) is 46.1 Å². The Morgan fingerprint density at radius 3 is 2.74 bits per heavy atom. The molecule has 23 heavy (non-hydrogen) atoms. The highest BCUT2D eigenvalue weighted by Gasteiger charge is 2.15. The molecule has 2 amide bonds. The lowest BCUT2D eigenvalue weighted by Crippen LogP contribution is -2.44. The van der Waals surface area contributed by atoms with E-state index in [9.17, 15) is 9.59 Å². The maximum Gasteiger partial charge on any atom is 0.407 e. The molecule has 0 bridgehead atoms. The zero-order chi connectivity index (χ0) is 17.1. The minimum Gasteiger partial charge on any atom is -0.450 e. The summed E-state index contributed by atoms with van der Waals surface area (Å²) in [6, 6.07) is 3.68. The van der Waals surface area contributed by atoms with Gasteiger partial charge in [-0.2, -0.15) is 0 Å². The first-order valence-electron chi connectivity index (χ1n) is 8.10. The Labute approximate surface area is 138 Å². The molecular weight excluding hydrogens is 294 g/mol. The van der Waals surface area contributed by atoms with Gasteiger partial charge in [-0.05, 0) is 37.3 Å². The second-order valence-corrected chi connectivity index (χ2v) is 5.86. The summed E-state index contributed by atoms with van der Waals surface area (Å²) in [4.78, 5) is 27.5. The fraction of sp³-hybridized carbons (Fsp3) is 0.588. The third-order valence-electron chi connectivity index (χ3n) is 3.26. The summed E-state index contributed by atoms with van der Waals surface area (Å²) in [5, 5.41) is 5.67. The van der Waals surface area contributed by atoms with Crippen LogP contribution in [0.5, 0.6) is 0 Å². The average Bonchev–Trinajstić information content (AvgIpc) is 2.51. The van der Waals surface area contributed by atoms with Crippen molar-refractivity contribution in [2.24, 2.45) is 5.92 Å². The molecule has 0 spiro atoms. The number of carbonyl (C=O) groups is 2. The second kappa shape index (κ2) is 10.6. The van der Waals surface area contributed by atoms with Crippen LogP contribution in [0.15, 0.2) is 24.5 Å². The van der Waals surface area contributed by atoms with Crippen LogP contribution in [0.1, 0.15) is 39.2 Å². The van der Waals surface area contributed by atoms with Gasteiger partial charge in [-0.1, -0.05) is 19.9 Å². The Morgan fingerprint density at radius 2 is 2.13 bits per heavy atom. The molecule has 0 fully saturated rings. The van der Waals surface area contributed by atoms with Gasteiger partial charge in [-0.25, -0.2) is 4.79 Å². The third kappa shape index (κ3) is 8.80. The highest BCUT2D eigenvalue weighted by atomic mass is 16.5. The Hall–Kier alpha value is -2.11. The SMILES string of the molecule is CCOC(=O)NC(CNC(=O)CCc1cccnc1)CC(C)C. The van der Waals surface area contributed by atoms with Crippen molar-refractivity contribution in [1.29, 1.82) is 0 Å². The molecule has 0 saturated carbocycles. The fourth-order valence-corrected chi connectivity index (χ4v) is 2.23. The molecule has 6 nitrogen and oxygen atoms in total. The van der Waals surface area contributed by atoms with E-state index in [1.165, 1.54) is 0 Å². The van der Waals surface area contributed by atoms with Crippen LogP contribution in [-0.2, 0) is 16.0 Å². The zero-order valence-corrected chi connectivity index (χ0v) is 14.2. The largest absolute Gasteiger partial charge is 0.450 e. The lowest BCUT2D eigenvalue weighted by molar-refractivity contribution is -0.121. The number of ether oxygens (including phenoxy) is 1. The minimum atomic E-state index is -0.442. The van der Waals surface area contributed by atoms with Gasteiger partial charge in [-0.3, -0.25) is 9.78 Å². The van der Waals surface area contributed by atoms with Gasteiger partial charge in [0.2, 0.25) is 5.91 Å². The number of hydrogen-bond donors (Lipinski definition) is 2. The Morgan fingerprint density at radius 1 is 1.35 bits per heavy atom. The molecule has 0 radical (unpaired) electrons. The second-order valence-electron chi connectivity index (χ2n) is 5.86. The molecule has 1 aromatic heterocycles. The van der Waals surface area contributed by atoms with Crippen molar-refractivity contribution in [3.63, 3.8) is 0 Å². The highest BCUT2D eigenvalue weighted by Crippen LogP contribution is 2.05. The topological polar surface area (TPSA) is 80.3 Å². The molecule has 128 valence electrons. The van der Waals surface area contributed by atoms with E-state index >= 15 is 0 Å². The Balaban J connectivity index is 2.37. The molecule has 0 aliphatic heterocycles. The molecule has 6 heteroatoms. The van der Waals surface area contributed by atoms with Crippen LogP contribution in [0, 0.1) is 5.92 Å². The van der Waals surface area contributed by atoms with Crippen molar-refractivity contribution in [1.82, 2.24) is 15.6 Å². The van der Waals surface area contributed by atoms with Crippen molar-refractivity contribution in [2.75, 3.05) is 13.2 Å². The molecular formula is C17H27N3O3. The monoisotopic (exact) mass is 321 g/mol. The van der Waals surface area contributed by atoms with Crippen LogP contribution in [0.25, 0.3) is 0 Å². The standard InChI is InChI=1S/C17H27N3O3/c1-4-23-17(22)20-15(10-13(2)3)12-19-16(21)8-7-14-6-5-9-18-11-14/h5-6,9,11,13,15H,4,7-8,10,12H2,1-3H3,(H,19,21)(H,20,22). The first-order valence-corrected chi connectivity index (χ1v) is 8.10. The van der Waals surface area contributed by atoms with Gasteiger partial charge in [0.1, 0.15) is 0 Å². The first-order chi connectivity index (χ1) is 11.0. The fourth-order valence-electron chi connectivity index (χ4n) is 2.23. The van der Waals surface area contributed by atoms with Crippen LogP contribution >= 0.6 is 0 Å². The molecule has 1 rings (SSSR count). The van der Waals surface area contributed by atoms with E-state index < -0.39 is 6.09 Å². The van der Waals surface area contributed by atoms with E-state index in [1.807, 2.05) is 12.1 Å². The summed E-state index contributed by atoms with van der Waals surface area (Å²) in [6.45, 7) is 6.64. The van der Waals surface area contributed by atoms with Gasteiger partial charge < -0.3 is 15.4 Å². The summed E-state index contributed by atoms with van der Waals surface area (Å²) in [5.41, 5.74) is 1.03. The van der Waals surface area contributed by atoms with Crippen LogP contribution in [-0.4, -0.2) is 36.2 Å². The molecule has 2 N–H and O–H groups in total. The lowest BCUT2D eigenvalue weighted by Gasteiger charge is -2.20. The number of carbonyl (C=O) groups excluding carboxylic acids is 2. The lowest BCUT2D eigenvalue weighted by atomic mass is 10.0. The normalized spacial score (nSPS) is 11.8. The minimum absolute atomic E-state index is 0.0340.